The van der Waals surface area contributed by atoms with Crippen LogP contribution in [0.4, 0.5) is 0 Å². The van der Waals surface area contributed by atoms with Crippen LogP contribution in [-0.4, -0.2) is 59.2 Å². The summed E-state index contributed by atoms with van der Waals surface area (Å²) in [5.74, 6) is 0.0366. The molecule has 7 heteroatoms. The summed E-state index contributed by atoms with van der Waals surface area (Å²) in [5, 5.41) is 21.4. The van der Waals surface area contributed by atoms with Crippen molar-refractivity contribution in [1.82, 2.24) is 9.80 Å². The highest BCUT2D eigenvalue weighted by molar-refractivity contribution is 8.03. The molecule has 3 heterocycles. The molecule has 5 atom stereocenters. The highest BCUT2D eigenvalue weighted by Gasteiger charge is 2.79. The van der Waals surface area contributed by atoms with E-state index in [1.54, 1.807) is 11.8 Å². The minimum atomic E-state index is -0.330. The van der Waals surface area contributed by atoms with Crippen molar-refractivity contribution in [2.45, 2.75) is 43.0 Å². The average Bonchev–Trinajstić information content (AvgIpc) is 3.27. The molecule has 2 saturated heterocycles. The number of rotatable bonds is 3. The number of hydrogen-bond acceptors (Lipinski definition) is 6. The van der Waals surface area contributed by atoms with Gasteiger partial charge in [0.25, 0.3) is 0 Å². The zero-order valence-corrected chi connectivity index (χ0v) is 17.2. The van der Waals surface area contributed by atoms with Crippen molar-refractivity contribution in [2.75, 3.05) is 26.2 Å². The van der Waals surface area contributed by atoms with E-state index in [1.165, 1.54) is 0 Å². The maximum atomic E-state index is 13.4. The van der Waals surface area contributed by atoms with E-state index in [4.69, 9.17) is 5.73 Å². The predicted molar refractivity (Wildman–Crippen MR) is 111 cm³/mol. The van der Waals surface area contributed by atoms with Crippen LogP contribution < -0.4 is 5.73 Å². The van der Waals surface area contributed by atoms with Gasteiger partial charge in [0, 0.05) is 48.0 Å². The SMILES string of the molecule is N#CC1=CSC2C3C(=O)N(CC4=C(C#N)C=CCC4)CC(N4CCCC(N)C4)C123. The third kappa shape index (κ3) is 2.72. The van der Waals surface area contributed by atoms with Crippen LogP contribution in [0.5, 0.6) is 0 Å². The zero-order chi connectivity index (χ0) is 20.2. The van der Waals surface area contributed by atoms with Crippen molar-refractivity contribution in [3.63, 3.8) is 0 Å². The number of hydrogen-bond donors (Lipinski definition) is 1. The van der Waals surface area contributed by atoms with Crippen LogP contribution >= 0.6 is 11.8 Å². The molecule has 150 valence electrons. The Morgan fingerprint density at radius 2 is 2.17 bits per heavy atom. The second-order valence-electron chi connectivity index (χ2n) is 8.81. The molecule has 2 aliphatic carbocycles. The Kier molecular flexibility index (Phi) is 4.58. The molecule has 5 rings (SSSR count). The number of likely N-dealkylation sites (tertiary alicyclic amines) is 2. The first kappa shape index (κ1) is 18.9. The summed E-state index contributed by atoms with van der Waals surface area (Å²) in [5.41, 5.74) is 8.49. The van der Waals surface area contributed by atoms with Gasteiger partial charge >= 0.3 is 0 Å². The Labute approximate surface area is 175 Å². The summed E-state index contributed by atoms with van der Waals surface area (Å²) >= 11 is 1.66. The fourth-order valence-corrected chi connectivity index (χ4v) is 7.53. The lowest BCUT2D eigenvalue weighted by Gasteiger charge is -2.46. The summed E-state index contributed by atoms with van der Waals surface area (Å²) < 4.78 is 0. The monoisotopic (exact) mass is 407 g/mol. The summed E-state index contributed by atoms with van der Waals surface area (Å²) in [4.78, 5) is 17.8. The molecule has 1 saturated carbocycles. The smallest absolute Gasteiger partial charge is 0.228 e. The number of carbonyl (C=O) groups excluding carboxylic acids is 1. The maximum Gasteiger partial charge on any atom is 0.228 e. The largest absolute Gasteiger partial charge is 0.337 e. The van der Waals surface area contributed by atoms with Crippen LogP contribution in [-0.2, 0) is 4.79 Å². The molecule has 3 fully saturated rings. The number of nitrogens with two attached hydrogens (primary N) is 1. The summed E-state index contributed by atoms with van der Waals surface area (Å²) in [7, 11) is 0. The van der Waals surface area contributed by atoms with Gasteiger partial charge in [0.05, 0.1) is 23.6 Å². The van der Waals surface area contributed by atoms with Crippen LogP contribution in [0.15, 0.2) is 34.3 Å². The number of nitrogens with zero attached hydrogens (tertiary/aromatic N) is 4. The molecule has 5 aliphatic rings. The summed E-state index contributed by atoms with van der Waals surface area (Å²) in [6, 6.07) is 4.98. The molecule has 0 aromatic heterocycles. The number of nitriles is 2. The molecular formula is C22H25N5OS. The molecule has 5 unspecified atom stereocenters. The van der Waals surface area contributed by atoms with Gasteiger partial charge < -0.3 is 10.6 Å². The molecule has 1 amide bonds. The zero-order valence-electron chi connectivity index (χ0n) is 16.4. The van der Waals surface area contributed by atoms with Gasteiger partial charge in [-0.2, -0.15) is 10.5 Å². The van der Waals surface area contributed by atoms with Crippen LogP contribution in [0.25, 0.3) is 0 Å². The lowest BCUT2D eigenvalue weighted by Crippen LogP contribution is -2.59. The quantitative estimate of drug-likeness (QED) is 0.768. The number of piperidine rings is 2. The molecule has 0 radical (unpaired) electrons. The summed E-state index contributed by atoms with van der Waals surface area (Å²) in [6.45, 7) is 2.94. The number of allylic oxidation sites excluding steroid dienone is 3. The third-order valence-electron chi connectivity index (χ3n) is 7.33. The van der Waals surface area contributed by atoms with Crippen LogP contribution in [0.3, 0.4) is 0 Å². The van der Waals surface area contributed by atoms with Crippen molar-refractivity contribution in [2.24, 2.45) is 17.1 Å². The maximum absolute atomic E-state index is 13.4. The van der Waals surface area contributed by atoms with E-state index in [-0.39, 0.29) is 34.6 Å². The molecule has 0 aromatic rings. The van der Waals surface area contributed by atoms with E-state index in [0.29, 0.717) is 18.7 Å². The van der Waals surface area contributed by atoms with Crippen molar-refractivity contribution >= 4 is 17.7 Å². The molecule has 6 nitrogen and oxygen atoms in total. The standard InChI is InChI=1S/C22H25N5OS/c23-8-14-4-1-2-5-15(14)10-27-12-18(26-7-3-6-17(25)11-26)22-16(9-24)13-29-20(22)19(22)21(27)28/h1,4,13,17-20H,2-3,5-7,10-12,25H2. The van der Waals surface area contributed by atoms with Gasteiger partial charge in [0.1, 0.15) is 0 Å². The molecule has 3 aliphatic heterocycles. The highest BCUT2D eigenvalue weighted by Crippen LogP contribution is 2.73. The van der Waals surface area contributed by atoms with E-state index in [9.17, 15) is 15.3 Å². The fourth-order valence-electron chi connectivity index (χ4n) is 5.92. The minimum Gasteiger partial charge on any atom is -0.337 e. The molecule has 0 aromatic carbocycles. The number of amides is 1. The number of thioether (sulfide) groups is 1. The molecule has 0 bridgehead atoms. The topological polar surface area (TPSA) is 97.1 Å². The van der Waals surface area contributed by atoms with Gasteiger partial charge in [-0.15, -0.1) is 11.8 Å². The second-order valence-corrected chi connectivity index (χ2v) is 9.83. The van der Waals surface area contributed by atoms with Crippen molar-refractivity contribution < 1.29 is 4.79 Å². The van der Waals surface area contributed by atoms with E-state index >= 15 is 0 Å². The van der Waals surface area contributed by atoms with Crippen LogP contribution in [0.1, 0.15) is 25.7 Å². The van der Waals surface area contributed by atoms with Crippen molar-refractivity contribution in [3.05, 3.63) is 34.3 Å². The lowest BCUT2D eigenvalue weighted by atomic mass is 9.81. The Balaban J connectivity index is 1.47. The fraction of sp³-hybridized carbons (Fsp3) is 0.591. The van der Waals surface area contributed by atoms with Gasteiger partial charge in [-0.1, -0.05) is 6.08 Å². The minimum absolute atomic E-state index is 0.116. The van der Waals surface area contributed by atoms with Gasteiger partial charge in [-0.3, -0.25) is 9.69 Å². The van der Waals surface area contributed by atoms with Crippen LogP contribution in [0, 0.1) is 34.0 Å². The molecule has 29 heavy (non-hydrogen) atoms. The van der Waals surface area contributed by atoms with E-state index < -0.39 is 0 Å². The first-order valence-electron chi connectivity index (χ1n) is 10.4. The Morgan fingerprint density at radius 1 is 1.31 bits per heavy atom. The number of carbonyl (C=O) groups is 1. The Hall–Kier alpha value is -2.06. The van der Waals surface area contributed by atoms with Gasteiger partial charge in [0.2, 0.25) is 5.91 Å². The van der Waals surface area contributed by atoms with Crippen molar-refractivity contribution in [3.8, 4) is 12.1 Å². The van der Waals surface area contributed by atoms with Gasteiger partial charge in [-0.25, -0.2) is 0 Å². The first-order valence-corrected chi connectivity index (χ1v) is 11.4. The van der Waals surface area contributed by atoms with Gasteiger partial charge in [0.15, 0.2) is 0 Å². The van der Waals surface area contributed by atoms with Gasteiger partial charge in [-0.05, 0) is 49.3 Å². The normalized spacial score (nSPS) is 38.8. The predicted octanol–water partition coefficient (Wildman–Crippen LogP) is 1.93. The molecular weight excluding hydrogens is 382 g/mol. The third-order valence-corrected chi connectivity index (χ3v) is 8.66. The summed E-state index contributed by atoms with van der Waals surface area (Å²) in [6.07, 6.45) is 7.75. The average molecular weight is 408 g/mol. The molecule has 1 spiro atoms. The Morgan fingerprint density at radius 3 is 2.93 bits per heavy atom. The lowest BCUT2D eigenvalue weighted by molar-refractivity contribution is -0.138. The molecule has 2 N–H and O–H groups in total. The Bertz CT molecular complexity index is 924. The first-order chi connectivity index (χ1) is 14.1. The highest BCUT2D eigenvalue weighted by atomic mass is 32.2. The van der Waals surface area contributed by atoms with E-state index in [2.05, 4.69) is 17.0 Å². The van der Waals surface area contributed by atoms with Crippen molar-refractivity contribution in [1.29, 1.82) is 10.5 Å². The second kappa shape index (κ2) is 7.02. The van der Waals surface area contributed by atoms with E-state index in [1.807, 2.05) is 22.5 Å². The van der Waals surface area contributed by atoms with E-state index in [0.717, 1.165) is 49.9 Å². The van der Waals surface area contributed by atoms with Crippen LogP contribution in [0.2, 0.25) is 0 Å². The number of fused-ring (bicyclic) bond motifs is 1.